The Morgan fingerprint density at radius 1 is 1.47 bits per heavy atom. The number of nitrogens with two attached hydrogens (primary N) is 1. The number of hydrogen-bond acceptors (Lipinski definition) is 3. The van der Waals surface area contributed by atoms with Crippen molar-refractivity contribution in [2.24, 2.45) is 0 Å². The highest BCUT2D eigenvalue weighted by atomic mass is 127. The minimum Gasteiger partial charge on any atom is -0.369 e. The van der Waals surface area contributed by atoms with Gasteiger partial charge in [0.1, 0.15) is 0 Å². The van der Waals surface area contributed by atoms with Gasteiger partial charge in [0.25, 0.3) is 0 Å². The average Bonchev–Trinajstić information content (AvgIpc) is 2.73. The topological polar surface area (TPSA) is 47.1 Å². The Bertz CT molecular complexity index is 592. The van der Waals surface area contributed by atoms with Gasteiger partial charge >= 0.3 is 0 Å². The maximum Gasteiger partial charge on any atom is 0.201 e. The fourth-order valence-corrected chi connectivity index (χ4v) is 3.48. The standard InChI is InChI=1S/C14H19IN4/c1-2-18-7-3-4-11(9-18)19-13-6-5-10(15)8-12(13)17-14(19)16/h5-6,8,11H,2-4,7,9H2,1H3,(H2,16,17). The molecule has 0 bridgehead atoms. The third kappa shape index (κ3) is 2.45. The second kappa shape index (κ2) is 5.28. The second-order valence-electron chi connectivity index (χ2n) is 5.16. The predicted octanol–water partition coefficient (Wildman–Crippen LogP) is 2.88. The van der Waals surface area contributed by atoms with Crippen LogP contribution >= 0.6 is 22.6 Å². The molecule has 102 valence electrons. The fraction of sp³-hybridized carbons (Fsp3) is 0.500. The van der Waals surface area contributed by atoms with Crippen molar-refractivity contribution >= 4 is 39.6 Å². The normalized spacial score (nSPS) is 21.1. The van der Waals surface area contributed by atoms with Crippen molar-refractivity contribution in [1.29, 1.82) is 0 Å². The molecule has 2 heterocycles. The van der Waals surface area contributed by atoms with Crippen LogP contribution in [0.2, 0.25) is 0 Å². The summed E-state index contributed by atoms with van der Waals surface area (Å²) >= 11 is 2.31. The number of aromatic nitrogens is 2. The molecule has 2 N–H and O–H groups in total. The quantitative estimate of drug-likeness (QED) is 0.827. The molecule has 1 saturated heterocycles. The Kier molecular flexibility index (Phi) is 3.66. The number of fused-ring (bicyclic) bond motifs is 1. The summed E-state index contributed by atoms with van der Waals surface area (Å²) in [5.74, 6) is 0.653. The number of nitrogens with zero attached hydrogens (tertiary/aromatic N) is 3. The molecule has 2 aromatic rings. The summed E-state index contributed by atoms with van der Waals surface area (Å²) in [4.78, 5) is 7.01. The number of piperidine rings is 1. The number of halogens is 1. The molecule has 1 fully saturated rings. The summed E-state index contributed by atoms with van der Waals surface area (Å²) in [7, 11) is 0. The van der Waals surface area contributed by atoms with E-state index in [0.717, 1.165) is 18.6 Å². The summed E-state index contributed by atoms with van der Waals surface area (Å²) in [6.45, 7) is 5.62. The number of imidazole rings is 1. The number of likely N-dealkylation sites (N-methyl/N-ethyl adjacent to an activating group) is 1. The van der Waals surface area contributed by atoms with Crippen LogP contribution < -0.4 is 5.73 Å². The molecule has 0 spiro atoms. The van der Waals surface area contributed by atoms with E-state index in [-0.39, 0.29) is 0 Å². The van der Waals surface area contributed by atoms with Gasteiger partial charge in [-0.05, 0) is 66.7 Å². The molecule has 1 atom stereocenters. The number of anilines is 1. The molecular formula is C14H19IN4. The summed E-state index contributed by atoms with van der Waals surface area (Å²) < 4.78 is 3.43. The van der Waals surface area contributed by atoms with E-state index in [1.165, 1.54) is 28.5 Å². The first-order valence-electron chi connectivity index (χ1n) is 6.84. The van der Waals surface area contributed by atoms with Gasteiger partial charge in [0, 0.05) is 16.2 Å². The highest BCUT2D eigenvalue weighted by molar-refractivity contribution is 14.1. The lowest BCUT2D eigenvalue weighted by Crippen LogP contribution is -2.36. The van der Waals surface area contributed by atoms with Crippen molar-refractivity contribution in [3.63, 3.8) is 0 Å². The van der Waals surface area contributed by atoms with Crippen LogP contribution in [0.25, 0.3) is 11.0 Å². The Morgan fingerprint density at radius 2 is 2.32 bits per heavy atom. The molecular weight excluding hydrogens is 351 g/mol. The largest absolute Gasteiger partial charge is 0.369 e. The maximum atomic E-state index is 6.15. The molecule has 0 saturated carbocycles. The van der Waals surface area contributed by atoms with Gasteiger partial charge in [-0.1, -0.05) is 6.92 Å². The molecule has 3 rings (SSSR count). The van der Waals surface area contributed by atoms with Crippen LogP contribution in [0, 0.1) is 3.57 Å². The van der Waals surface area contributed by atoms with Gasteiger partial charge < -0.3 is 15.2 Å². The van der Waals surface area contributed by atoms with Crippen LogP contribution in [-0.2, 0) is 0 Å². The fourth-order valence-electron chi connectivity index (χ4n) is 3.00. The molecule has 0 radical (unpaired) electrons. The van der Waals surface area contributed by atoms with E-state index in [0.29, 0.717) is 12.0 Å². The van der Waals surface area contributed by atoms with Gasteiger partial charge in [0.15, 0.2) is 0 Å². The highest BCUT2D eigenvalue weighted by Gasteiger charge is 2.23. The Balaban J connectivity index is 2.02. The van der Waals surface area contributed by atoms with E-state index in [9.17, 15) is 0 Å². The Hall–Kier alpha value is -0.820. The number of benzene rings is 1. The monoisotopic (exact) mass is 370 g/mol. The second-order valence-corrected chi connectivity index (χ2v) is 6.41. The first kappa shape index (κ1) is 13.2. The van der Waals surface area contributed by atoms with E-state index >= 15 is 0 Å². The summed E-state index contributed by atoms with van der Waals surface area (Å²) in [5, 5.41) is 0. The summed E-state index contributed by atoms with van der Waals surface area (Å²) in [6.07, 6.45) is 2.43. The average molecular weight is 370 g/mol. The molecule has 4 nitrogen and oxygen atoms in total. The van der Waals surface area contributed by atoms with Crippen molar-refractivity contribution in [1.82, 2.24) is 14.5 Å². The zero-order chi connectivity index (χ0) is 13.4. The van der Waals surface area contributed by atoms with Crippen LogP contribution in [0.4, 0.5) is 5.95 Å². The summed E-state index contributed by atoms with van der Waals surface area (Å²) in [5.41, 5.74) is 8.33. The van der Waals surface area contributed by atoms with E-state index in [1.807, 2.05) is 0 Å². The molecule has 1 aliphatic rings. The van der Waals surface area contributed by atoms with Crippen molar-refractivity contribution in [3.8, 4) is 0 Å². The van der Waals surface area contributed by atoms with Gasteiger partial charge in [-0.25, -0.2) is 4.98 Å². The van der Waals surface area contributed by atoms with E-state index in [4.69, 9.17) is 5.73 Å². The molecule has 0 amide bonds. The third-order valence-electron chi connectivity index (χ3n) is 3.97. The van der Waals surface area contributed by atoms with Crippen molar-refractivity contribution in [2.45, 2.75) is 25.8 Å². The number of hydrogen-bond donors (Lipinski definition) is 1. The lowest BCUT2D eigenvalue weighted by molar-refractivity contribution is 0.188. The van der Waals surface area contributed by atoms with Crippen LogP contribution in [0.15, 0.2) is 18.2 Å². The molecule has 1 unspecified atom stereocenters. The lowest BCUT2D eigenvalue weighted by atomic mass is 10.1. The predicted molar refractivity (Wildman–Crippen MR) is 87.2 cm³/mol. The summed E-state index contributed by atoms with van der Waals surface area (Å²) in [6, 6.07) is 6.83. The van der Waals surface area contributed by atoms with E-state index < -0.39 is 0 Å². The van der Waals surface area contributed by atoms with Gasteiger partial charge in [0.05, 0.1) is 11.0 Å². The van der Waals surface area contributed by atoms with Crippen molar-refractivity contribution in [2.75, 3.05) is 25.4 Å². The smallest absolute Gasteiger partial charge is 0.201 e. The Morgan fingerprint density at radius 3 is 3.11 bits per heavy atom. The minimum absolute atomic E-state index is 0.457. The zero-order valence-electron chi connectivity index (χ0n) is 11.1. The molecule has 5 heteroatoms. The third-order valence-corrected chi connectivity index (χ3v) is 4.64. The van der Waals surface area contributed by atoms with Crippen LogP contribution in [0.5, 0.6) is 0 Å². The SMILES string of the molecule is CCN1CCCC(n2c(N)nc3cc(I)ccc32)C1. The van der Waals surface area contributed by atoms with Gasteiger partial charge in [-0.3, -0.25) is 0 Å². The van der Waals surface area contributed by atoms with E-state index in [1.54, 1.807) is 0 Å². The first-order valence-corrected chi connectivity index (χ1v) is 7.92. The lowest BCUT2D eigenvalue weighted by Gasteiger charge is -2.33. The minimum atomic E-state index is 0.457. The number of nitrogen functional groups attached to an aromatic ring is 1. The molecule has 19 heavy (non-hydrogen) atoms. The Labute approximate surface area is 127 Å². The molecule has 1 aromatic heterocycles. The maximum absolute atomic E-state index is 6.15. The molecule has 1 aliphatic heterocycles. The number of rotatable bonds is 2. The number of likely N-dealkylation sites (tertiary alicyclic amines) is 1. The first-order chi connectivity index (χ1) is 9.19. The van der Waals surface area contributed by atoms with Gasteiger partial charge in [0.2, 0.25) is 5.95 Å². The molecule has 1 aromatic carbocycles. The van der Waals surface area contributed by atoms with Gasteiger partial charge in [-0.2, -0.15) is 0 Å². The van der Waals surface area contributed by atoms with E-state index in [2.05, 4.69) is 62.2 Å². The van der Waals surface area contributed by atoms with Crippen LogP contribution in [0.1, 0.15) is 25.8 Å². The van der Waals surface area contributed by atoms with Crippen LogP contribution in [0.3, 0.4) is 0 Å². The highest BCUT2D eigenvalue weighted by Crippen LogP contribution is 2.29. The zero-order valence-corrected chi connectivity index (χ0v) is 13.3. The van der Waals surface area contributed by atoms with Crippen molar-refractivity contribution in [3.05, 3.63) is 21.8 Å². The molecule has 0 aliphatic carbocycles. The van der Waals surface area contributed by atoms with Gasteiger partial charge in [-0.15, -0.1) is 0 Å². The van der Waals surface area contributed by atoms with Crippen molar-refractivity contribution < 1.29 is 0 Å². The van der Waals surface area contributed by atoms with Crippen LogP contribution in [-0.4, -0.2) is 34.1 Å².